The molecule has 0 amide bonds. The summed E-state index contributed by atoms with van der Waals surface area (Å²) in [5.74, 6) is -0.431. The van der Waals surface area contributed by atoms with Crippen molar-refractivity contribution in [1.82, 2.24) is 0 Å². The Hall–Kier alpha value is -2.00. The van der Waals surface area contributed by atoms with Crippen LogP contribution < -0.4 is 4.74 Å². The van der Waals surface area contributed by atoms with Crippen molar-refractivity contribution in [2.45, 2.75) is 20.0 Å². The zero-order valence-corrected chi connectivity index (χ0v) is 12.0. The summed E-state index contributed by atoms with van der Waals surface area (Å²) < 4.78 is 5.53. The number of halogens is 1. The number of hydrogen-bond donors (Lipinski definition) is 1. The van der Waals surface area contributed by atoms with E-state index in [0.717, 1.165) is 5.56 Å². The lowest BCUT2D eigenvalue weighted by Gasteiger charge is -2.13. The third kappa shape index (κ3) is 3.31. The number of aromatic carboxylic acids is 1. The quantitative estimate of drug-likeness (QED) is 0.902. The topological polar surface area (TPSA) is 46.5 Å². The van der Waals surface area contributed by atoms with Gasteiger partial charge < -0.3 is 9.84 Å². The Morgan fingerprint density at radius 1 is 1.15 bits per heavy atom. The van der Waals surface area contributed by atoms with Crippen molar-refractivity contribution in [3.8, 4) is 16.9 Å². The highest BCUT2D eigenvalue weighted by Gasteiger charge is 2.13. The molecule has 0 saturated carbocycles. The fraction of sp³-hybridized carbons (Fsp3) is 0.188. The van der Waals surface area contributed by atoms with Gasteiger partial charge in [0, 0.05) is 5.02 Å². The average molecular weight is 291 g/mol. The Morgan fingerprint density at radius 3 is 2.35 bits per heavy atom. The molecule has 0 aliphatic carbocycles. The number of hydrogen-bond acceptors (Lipinski definition) is 2. The summed E-state index contributed by atoms with van der Waals surface area (Å²) in [5, 5.41) is 9.97. The lowest BCUT2D eigenvalue weighted by atomic mass is 9.99. The molecule has 20 heavy (non-hydrogen) atoms. The Labute approximate surface area is 122 Å². The van der Waals surface area contributed by atoms with Crippen LogP contribution in [0.2, 0.25) is 5.02 Å². The summed E-state index contributed by atoms with van der Waals surface area (Å²) in [6, 6.07) is 12.1. The summed E-state index contributed by atoms with van der Waals surface area (Å²) in [5.41, 5.74) is 1.67. The van der Waals surface area contributed by atoms with Gasteiger partial charge in [-0.15, -0.1) is 0 Å². The van der Waals surface area contributed by atoms with Crippen molar-refractivity contribution in [3.05, 3.63) is 53.1 Å². The van der Waals surface area contributed by atoms with Crippen LogP contribution in [0.1, 0.15) is 24.2 Å². The summed E-state index contributed by atoms with van der Waals surface area (Å²) in [7, 11) is 0. The van der Waals surface area contributed by atoms with E-state index in [2.05, 4.69) is 0 Å². The van der Waals surface area contributed by atoms with Gasteiger partial charge in [0.25, 0.3) is 0 Å². The van der Waals surface area contributed by atoms with E-state index in [0.29, 0.717) is 16.3 Å². The van der Waals surface area contributed by atoms with Crippen molar-refractivity contribution in [1.29, 1.82) is 0 Å². The maximum Gasteiger partial charge on any atom is 0.336 e. The summed E-state index contributed by atoms with van der Waals surface area (Å²) in [6.45, 7) is 3.79. The van der Waals surface area contributed by atoms with Crippen LogP contribution in [0.3, 0.4) is 0 Å². The highest BCUT2D eigenvalue weighted by Crippen LogP contribution is 2.29. The van der Waals surface area contributed by atoms with E-state index >= 15 is 0 Å². The van der Waals surface area contributed by atoms with E-state index < -0.39 is 5.97 Å². The van der Waals surface area contributed by atoms with Crippen LogP contribution in [0, 0.1) is 0 Å². The van der Waals surface area contributed by atoms with Gasteiger partial charge in [0.15, 0.2) is 0 Å². The maximum absolute atomic E-state index is 11.4. The third-order valence-electron chi connectivity index (χ3n) is 2.75. The molecular weight excluding hydrogens is 276 g/mol. The van der Waals surface area contributed by atoms with Crippen molar-refractivity contribution < 1.29 is 14.6 Å². The predicted octanol–water partition coefficient (Wildman–Crippen LogP) is 4.49. The van der Waals surface area contributed by atoms with Crippen molar-refractivity contribution in [2.24, 2.45) is 0 Å². The van der Waals surface area contributed by atoms with Crippen LogP contribution in [0.15, 0.2) is 42.5 Å². The van der Waals surface area contributed by atoms with Crippen LogP contribution in [-0.4, -0.2) is 17.2 Å². The fourth-order valence-electron chi connectivity index (χ4n) is 1.93. The molecule has 0 radical (unpaired) electrons. The SMILES string of the molecule is CC(C)Oc1ccc(-c2ccc(Cl)cc2)c(C(=O)O)c1. The molecule has 4 heteroatoms. The number of rotatable bonds is 4. The molecule has 0 aliphatic heterocycles. The second kappa shape index (κ2) is 5.97. The molecule has 2 aromatic rings. The first-order valence-corrected chi connectivity index (χ1v) is 6.65. The molecule has 0 atom stereocenters. The van der Waals surface area contributed by atoms with E-state index in [9.17, 15) is 9.90 Å². The smallest absolute Gasteiger partial charge is 0.336 e. The van der Waals surface area contributed by atoms with Gasteiger partial charge in [-0.2, -0.15) is 0 Å². The molecule has 0 bridgehead atoms. The van der Waals surface area contributed by atoms with E-state index in [1.165, 1.54) is 0 Å². The Kier molecular flexibility index (Phi) is 4.30. The highest BCUT2D eigenvalue weighted by atomic mass is 35.5. The lowest BCUT2D eigenvalue weighted by molar-refractivity contribution is 0.0697. The molecule has 0 unspecified atom stereocenters. The first-order chi connectivity index (χ1) is 9.47. The number of carboxylic acids is 1. The molecule has 0 spiro atoms. The standard InChI is InChI=1S/C16H15ClO3/c1-10(2)20-13-7-8-14(15(9-13)16(18)19)11-3-5-12(17)6-4-11/h3-10H,1-2H3,(H,18,19). The second-order valence-electron chi connectivity index (χ2n) is 4.69. The predicted molar refractivity (Wildman–Crippen MR) is 79.6 cm³/mol. The van der Waals surface area contributed by atoms with Gasteiger partial charge in [0.1, 0.15) is 5.75 Å². The number of ether oxygens (including phenoxy) is 1. The van der Waals surface area contributed by atoms with E-state index in [1.54, 1.807) is 42.5 Å². The van der Waals surface area contributed by atoms with Crippen molar-refractivity contribution in [3.63, 3.8) is 0 Å². The largest absolute Gasteiger partial charge is 0.491 e. The van der Waals surface area contributed by atoms with Crippen LogP contribution in [0.4, 0.5) is 0 Å². The molecule has 104 valence electrons. The number of carboxylic acid groups (broad SMARTS) is 1. The first kappa shape index (κ1) is 14.4. The molecular formula is C16H15ClO3. The summed E-state index contributed by atoms with van der Waals surface area (Å²) in [4.78, 5) is 11.4. The first-order valence-electron chi connectivity index (χ1n) is 6.27. The molecule has 0 aliphatic rings. The van der Waals surface area contributed by atoms with Gasteiger partial charge in [0.05, 0.1) is 11.7 Å². The summed E-state index contributed by atoms with van der Waals surface area (Å²) >= 11 is 5.85. The van der Waals surface area contributed by atoms with Crippen LogP contribution in [0.5, 0.6) is 5.75 Å². The summed E-state index contributed by atoms with van der Waals surface area (Å²) in [6.07, 6.45) is -0.00183. The fourth-order valence-corrected chi connectivity index (χ4v) is 2.05. The molecule has 0 aromatic heterocycles. The molecule has 0 heterocycles. The second-order valence-corrected chi connectivity index (χ2v) is 5.12. The van der Waals surface area contributed by atoms with E-state index in [4.69, 9.17) is 16.3 Å². The van der Waals surface area contributed by atoms with Gasteiger partial charge in [-0.1, -0.05) is 23.7 Å². The van der Waals surface area contributed by atoms with Gasteiger partial charge >= 0.3 is 5.97 Å². The normalized spacial score (nSPS) is 10.6. The molecule has 1 N–H and O–H groups in total. The van der Waals surface area contributed by atoms with Gasteiger partial charge in [0.2, 0.25) is 0 Å². The molecule has 2 rings (SSSR count). The highest BCUT2D eigenvalue weighted by molar-refractivity contribution is 6.30. The monoisotopic (exact) mass is 290 g/mol. The minimum absolute atomic E-state index is 0.00183. The Bertz CT molecular complexity index is 618. The van der Waals surface area contributed by atoms with Crippen molar-refractivity contribution >= 4 is 17.6 Å². The van der Waals surface area contributed by atoms with E-state index in [-0.39, 0.29) is 11.7 Å². The van der Waals surface area contributed by atoms with Gasteiger partial charge in [-0.3, -0.25) is 0 Å². The molecule has 0 fully saturated rings. The lowest BCUT2D eigenvalue weighted by Crippen LogP contribution is -2.07. The molecule has 2 aromatic carbocycles. The van der Waals surface area contributed by atoms with Crippen molar-refractivity contribution in [2.75, 3.05) is 0 Å². The minimum atomic E-state index is -0.982. The van der Waals surface area contributed by atoms with Crippen LogP contribution in [-0.2, 0) is 0 Å². The van der Waals surface area contributed by atoms with Gasteiger partial charge in [-0.05, 0) is 55.3 Å². The molecule has 0 saturated heterocycles. The van der Waals surface area contributed by atoms with E-state index in [1.807, 2.05) is 13.8 Å². The minimum Gasteiger partial charge on any atom is -0.491 e. The zero-order chi connectivity index (χ0) is 14.7. The van der Waals surface area contributed by atoms with Crippen LogP contribution in [0.25, 0.3) is 11.1 Å². The zero-order valence-electron chi connectivity index (χ0n) is 11.3. The Morgan fingerprint density at radius 2 is 1.80 bits per heavy atom. The average Bonchev–Trinajstić information content (AvgIpc) is 2.39. The molecule has 3 nitrogen and oxygen atoms in total. The third-order valence-corrected chi connectivity index (χ3v) is 3.00. The van der Waals surface area contributed by atoms with Gasteiger partial charge in [-0.25, -0.2) is 4.79 Å². The maximum atomic E-state index is 11.4. The number of carbonyl (C=O) groups is 1. The number of benzene rings is 2. The van der Waals surface area contributed by atoms with Crippen LogP contribution >= 0.6 is 11.6 Å². The Balaban J connectivity index is 2.47.